The second-order valence-electron chi connectivity index (χ2n) is 7.24. The van der Waals surface area contributed by atoms with Crippen LogP contribution < -0.4 is 5.32 Å². The first-order valence-electron chi connectivity index (χ1n) is 10.1. The Labute approximate surface area is 184 Å². The Morgan fingerprint density at radius 2 is 2.14 bits per heavy atom. The molecule has 0 aliphatic carbocycles. The predicted molar refractivity (Wildman–Crippen MR) is 120 cm³/mol. The SMILES string of the molecule is CCOC(=O)C1CCCN(C(=NC)NCC(c2ccco2)N2CCCC2)C1.I. The fourth-order valence-electron chi connectivity index (χ4n) is 4.09. The Kier molecular flexibility index (Phi) is 9.57. The van der Waals surface area contributed by atoms with Crippen LogP contribution in [0, 0.1) is 5.92 Å². The van der Waals surface area contributed by atoms with Crippen LogP contribution in [-0.4, -0.2) is 68.1 Å². The van der Waals surface area contributed by atoms with Gasteiger partial charge in [0.15, 0.2) is 5.96 Å². The Bertz CT molecular complexity index is 617. The molecule has 158 valence electrons. The van der Waals surface area contributed by atoms with Crippen molar-refractivity contribution in [3.63, 3.8) is 0 Å². The molecule has 1 aromatic heterocycles. The Morgan fingerprint density at radius 1 is 1.36 bits per heavy atom. The first-order valence-corrected chi connectivity index (χ1v) is 10.1. The van der Waals surface area contributed by atoms with E-state index in [-0.39, 0.29) is 41.9 Å². The van der Waals surface area contributed by atoms with Gasteiger partial charge in [0.25, 0.3) is 0 Å². The highest BCUT2D eigenvalue weighted by Crippen LogP contribution is 2.25. The van der Waals surface area contributed by atoms with Gasteiger partial charge in [0, 0.05) is 26.7 Å². The molecular weight excluding hydrogens is 471 g/mol. The van der Waals surface area contributed by atoms with Gasteiger partial charge in [-0.05, 0) is 57.8 Å². The Hall–Kier alpha value is -1.29. The highest BCUT2D eigenvalue weighted by molar-refractivity contribution is 14.0. The molecule has 1 N–H and O–H groups in total. The van der Waals surface area contributed by atoms with Crippen molar-refractivity contribution in [2.24, 2.45) is 10.9 Å². The zero-order chi connectivity index (χ0) is 19.1. The van der Waals surface area contributed by atoms with Crippen LogP contribution in [0.2, 0.25) is 0 Å². The summed E-state index contributed by atoms with van der Waals surface area (Å²) in [5.74, 6) is 1.67. The molecule has 3 rings (SSSR count). The molecule has 2 fully saturated rings. The number of carbonyl (C=O) groups is 1. The summed E-state index contributed by atoms with van der Waals surface area (Å²) in [7, 11) is 1.80. The first-order chi connectivity index (χ1) is 13.2. The number of hydrogen-bond acceptors (Lipinski definition) is 5. The summed E-state index contributed by atoms with van der Waals surface area (Å²) in [6.45, 7) is 6.79. The number of hydrogen-bond donors (Lipinski definition) is 1. The molecule has 2 unspecified atom stereocenters. The van der Waals surface area contributed by atoms with E-state index in [2.05, 4.69) is 20.1 Å². The van der Waals surface area contributed by atoms with Gasteiger partial charge < -0.3 is 19.4 Å². The molecule has 0 amide bonds. The number of nitrogens with zero attached hydrogens (tertiary/aromatic N) is 3. The van der Waals surface area contributed by atoms with Crippen LogP contribution in [0.5, 0.6) is 0 Å². The molecule has 8 heteroatoms. The largest absolute Gasteiger partial charge is 0.468 e. The number of halogens is 1. The van der Waals surface area contributed by atoms with Gasteiger partial charge in [-0.3, -0.25) is 14.7 Å². The summed E-state index contributed by atoms with van der Waals surface area (Å²) < 4.78 is 10.9. The quantitative estimate of drug-likeness (QED) is 0.278. The van der Waals surface area contributed by atoms with Crippen LogP contribution in [0.4, 0.5) is 0 Å². The number of ether oxygens (including phenoxy) is 1. The average molecular weight is 504 g/mol. The van der Waals surface area contributed by atoms with Crippen molar-refractivity contribution in [2.75, 3.05) is 46.4 Å². The fraction of sp³-hybridized carbons (Fsp3) is 0.700. The molecule has 2 atom stereocenters. The van der Waals surface area contributed by atoms with E-state index in [9.17, 15) is 4.79 Å². The van der Waals surface area contributed by atoms with E-state index in [4.69, 9.17) is 9.15 Å². The second kappa shape index (κ2) is 11.6. The Balaban J connectivity index is 0.00000280. The third-order valence-electron chi connectivity index (χ3n) is 5.46. The van der Waals surface area contributed by atoms with Gasteiger partial charge in [-0.25, -0.2) is 0 Å². The van der Waals surface area contributed by atoms with Gasteiger partial charge >= 0.3 is 5.97 Å². The smallest absolute Gasteiger partial charge is 0.310 e. The molecule has 0 bridgehead atoms. The third kappa shape index (κ3) is 5.85. The standard InChI is InChI=1S/C20H32N4O3.HI/c1-3-26-19(25)16-8-6-12-24(15-16)20(21-2)22-14-17(18-9-7-13-27-18)23-10-4-5-11-23;/h7,9,13,16-17H,3-6,8,10-12,14-15H2,1-2H3,(H,21,22);1H. The zero-order valence-corrected chi connectivity index (χ0v) is 19.3. The van der Waals surface area contributed by atoms with E-state index in [1.54, 1.807) is 13.3 Å². The molecule has 0 saturated carbocycles. The van der Waals surface area contributed by atoms with Crippen LogP contribution in [-0.2, 0) is 9.53 Å². The number of esters is 1. The molecule has 0 spiro atoms. The highest BCUT2D eigenvalue weighted by Gasteiger charge is 2.30. The van der Waals surface area contributed by atoms with Gasteiger partial charge in [0.05, 0.1) is 24.8 Å². The van der Waals surface area contributed by atoms with Crippen LogP contribution in [0.25, 0.3) is 0 Å². The topological polar surface area (TPSA) is 70.3 Å². The number of aliphatic imine (C=N–C) groups is 1. The van der Waals surface area contributed by atoms with Crippen LogP contribution in [0.15, 0.2) is 27.8 Å². The van der Waals surface area contributed by atoms with Crippen molar-refractivity contribution in [1.82, 2.24) is 15.1 Å². The third-order valence-corrected chi connectivity index (χ3v) is 5.46. The Morgan fingerprint density at radius 3 is 2.79 bits per heavy atom. The number of carbonyl (C=O) groups excluding carboxylic acids is 1. The van der Waals surface area contributed by atoms with Crippen molar-refractivity contribution in [3.05, 3.63) is 24.2 Å². The number of nitrogens with one attached hydrogen (secondary N) is 1. The fourth-order valence-corrected chi connectivity index (χ4v) is 4.09. The van der Waals surface area contributed by atoms with E-state index in [1.165, 1.54) is 12.8 Å². The van der Waals surface area contributed by atoms with Crippen molar-refractivity contribution in [2.45, 2.75) is 38.6 Å². The van der Waals surface area contributed by atoms with Crippen LogP contribution in [0.1, 0.15) is 44.4 Å². The van der Waals surface area contributed by atoms with Crippen LogP contribution >= 0.6 is 24.0 Å². The maximum atomic E-state index is 12.1. The zero-order valence-electron chi connectivity index (χ0n) is 16.9. The van der Waals surface area contributed by atoms with Crippen LogP contribution in [0.3, 0.4) is 0 Å². The molecule has 2 aliphatic heterocycles. The second-order valence-corrected chi connectivity index (χ2v) is 7.24. The van der Waals surface area contributed by atoms with Crippen molar-refractivity contribution < 1.29 is 13.9 Å². The van der Waals surface area contributed by atoms with Crippen molar-refractivity contribution >= 4 is 35.9 Å². The lowest BCUT2D eigenvalue weighted by atomic mass is 9.98. The van der Waals surface area contributed by atoms with Gasteiger partial charge in [-0.2, -0.15) is 0 Å². The minimum atomic E-state index is -0.0943. The molecule has 7 nitrogen and oxygen atoms in total. The van der Waals surface area contributed by atoms with Gasteiger partial charge in [-0.1, -0.05) is 0 Å². The van der Waals surface area contributed by atoms with Gasteiger partial charge in [0.1, 0.15) is 5.76 Å². The van der Waals surface area contributed by atoms with E-state index in [1.807, 2.05) is 19.1 Å². The summed E-state index contributed by atoms with van der Waals surface area (Å²) in [5.41, 5.74) is 0. The lowest BCUT2D eigenvalue weighted by molar-refractivity contribution is -0.149. The number of guanidine groups is 1. The summed E-state index contributed by atoms with van der Waals surface area (Å²) >= 11 is 0. The maximum absolute atomic E-state index is 12.1. The van der Waals surface area contributed by atoms with Crippen molar-refractivity contribution in [1.29, 1.82) is 0 Å². The van der Waals surface area contributed by atoms with Crippen molar-refractivity contribution in [3.8, 4) is 0 Å². The molecule has 0 aromatic carbocycles. The summed E-state index contributed by atoms with van der Waals surface area (Å²) in [5, 5.41) is 3.52. The number of rotatable bonds is 6. The first kappa shape index (κ1) is 23.0. The van der Waals surface area contributed by atoms with E-state index < -0.39 is 0 Å². The monoisotopic (exact) mass is 504 g/mol. The van der Waals surface area contributed by atoms with Gasteiger partial charge in [0.2, 0.25) is 0 Å². The molecule has 0 radical (unpaired) electrons. The molecule has 2 aliphatic rings. The average Bonchev–Trinajstić information content (AvgIpc) is 3.40. The summed E-state index contributed by atoms with van der Waals surface area (Å²) in [6.07, 6.45) is 6.06. The minimum Gasteiger partial charge on any atom is -0.468 e. The normalized spacial score (nSPS) is 21.9. The minimum absolute atomic E-state index is 0. The predicted octanol–water partition coefficient (Wildman–Crippen LogP) is 2.89. The summed E-state index contributed by atoms with van der Waals surface area (Å²) in [6, 6.07) is 4.19. The molecule has 28 heavy (non-hydrogen) atoms. The molecule has 2 saturated heterocycles. The number of furan rings is 1. The number of likely N-dealkylation sites (tertiary alicyclic amines) is 2. The highest BCUT2D eigenvalue weighted by atomic mass is 127. The lowest BCUT2D eigenvalue weighted by Gasteiger charge is -2.35. The van der Waals surface area contributed by atoms with E-state index in [0.717, 1.165) is 50.7 Å². The number of piperidine rings is 1. The van der Waals surface area contributed by atoms with E-state index >= 15 is 0 Å². The summed E-state index contributed by atoms with van der Waals surface area (Å²) in [4.78, 5) is 21.2. The lowest BCUT2D eigenvalue weighted by Crippen LogP contribution is -2.49. The van der Waals surface area contributed by atoms with Gasteiger partial charge in [-0.15, -0.1) is 24.0 Å². The molecule has 3 heterocycles. The maximum Gasteiger partial charge on any atom is 0.310 e. The molecule has 1 aromatic rings. The molecular formula is C20H33IN4O3. The van der Waals surface area contributed by atoms with E-state index in [0.29, 0.717) is 13.2 Å².